The molecule has 8 nitrogen and oxygen atoms in total. The molecule has 0 aliphatic carbocycles. The Morgan fingerprint density at radius 3 is 2.00 bits per heavy atom. The molecule has 1 saturated heterocycles. The van der Waals surface area contributed by atoms with Gasteiger partial charge in [0.05, 0.1) is 13.1 Å². The van der Waals surface area contributed by atoms with E-state index in [-0.39, 0.29) is 24.0 Å². The first kappa shape index (κ1) is 20.2. The van der Waals surface area contributed by atoms with Crippen molar-refractivity contribution >= 4 is 17.8 Å². The molecule has 2 aromatic rings. The summed E-state index contributed by atoms with van der Waals surface area (Å²) < 4.78 is 10.8. The van der Waals surface area contributed by atoms with Gasteiger partial charge in [-0.15, -0.1) is 0 Å². The topological polar surface area (TPSA) is 99.2 Å². The van der Waals surface area contributed by atoms with Crippen molar-refractivity contribution in [1.29, 1.82) is 0 Å². The molecule has 0 atom stereocenters. The summed E-state index contributed by atoms with van der Waals surface area (Å²) in [4.78, 5) is 39.1. The molecule has 1 aliphatic rings. The summed E-state index contributed by atoms with van der Waals surface area (Å²) in [6.45, 7) is 1.47. The quantitative estimate of drug-likeness (QED) is 0.701. The third-order valence-corrected chi connectivity index (χ3v) is 4.71. The second kappa shape index (κ2) is 9.09. The van der Waals surface area contributed by atoms with E-state index in [2.05, 4.69) is 0 Å². The Labute approximate surface area is 168 Å². The molecule has 0 saturated carbocycles. The second-order valence-electron chi connectivity index (χ2n) is 6.48. The van der Waals surface area contributed by atoms with Gasteiger partial charge in [-0.1, -0.05) is 24.3 Å². The van der Waals surface area contributed by atoms with E-state index < -0.39 is 5.97 Å². The number of piperazine rings is 1. The molecule has 29 heavy (non-hydrogen) atoms. The highest BCUT2D eigenvalue weighted by molar-refractivity contribution is 5.95. The number of nitrogens with zero attached hydrogens (tertiary/aromatic N) is 2. The molecule has 1 heterocycles. The highest BCUT2D eigenvalue weighted by Crippen LogP contribution is 2.25. The molecular formula is C21H21N2O6-. The zero-order valence-electron chi connectivity index (χ0n) is 16.0. The molecule has 152 valence electrons. The monoisotopic (exact) mass is 397 g/mol. The van der Waals surface area contributed by atoms with E-state index in [1.165, 1.54) is 31.4 Å². The standard InChI is InChI=1S/C21H22N2O6/c1-28-17-4-2-3-5-18(17)29-14-19(24)22-10-12-23(13-11-22)20(25)15-6-8-16(9-7-15)21(26)27/h2-9H,10-14H2,1H3,(H,26,27)/p-1. The average Bonchev–Trinajstić information content (AvgIpc) is 2.77. The van der Waals surface area contributed by atoms with Crippen molar-refractivity contribution in [3.05, 3.63) is 59.7 Å². The summed E-state index contributed by atoms with van der Waals surface area (Å²) in [7, 11) is 1.53. The van der Waals surface area contributed by atoms with Gasteiger partial charge in [0.25, 0.3) is 11.8 Å². The molecule has 0 radical (unpaired) electrons. The minimum Gasteiger partial charge on any atom is -0.545 e. The number of ether oxygens (including phenoxy) is 2. The SMILES string of the molecule is COc1ccccc1OCC(=O)N1CCN(C(=O)c2ccc(C(=O)[O-])cc2)CC1. The van der Waals surface area contributed by atoms with Crippen LogP contribution in [0.4, 0.5) is 0 Å². The maximum Gasteiger partial charge on any atom is 0.260 e. The van der Waals surface area contributed by atoms with Crippen molar-refractivity contribution in [3.63, 3.8) is 0 Å². The van der Waals surface area contributed by atoms with Gasteiger partial charge in [0.15, 0.2) is 18.1 Å². The van der Waals surface area contributed by atoms with Crippen LogP contribution in [0.5, 0.6) is 11.5 Å². The third kappa shape index (κ3) is 4.84. The number of carbonyl (C=O) groups is 3. The number of hydrogen-bond acceptors (Lipinski definition) is 6. The van der Waals surface area contributed by atoms with Crippen molar-refractivity contribution in [3.8, 4) is 11.5 Å². The summed E-state index contributed by atoms with van der Waals surface area (Å²) in [5.41, 5.74) is 0.418. The highest BCUT2D eigenvalue weighted by Gasteiger charge is 2.25. The van der Waals surface area contributed by atoms with Gasteiger partial charge in [0.1, 0.15) is 0 Å². The maximum atomic E-state index is 12.6. The van der Waals surface area contributed by atoms with Crippen LogP contribution in [-0.2, 0) is 4.79 Å². The number of carboxylic acids is 1. The molecule has 0 aromatic heterocycles. The lowest BCUT2D eigenvalue weighted by Gasteiger charge is -2.34. The Hall–Kier alpha value is -3.55. The van der Waals surface area contributed by atoms with Crippen LogP contribution in [0.15, 0.2) is 48.5 Å². The van der Waals surface area contributed by atoms with E-state index in [1.807, 2.05) is 6.07 Å². The largest absolute Gasteiger partial charge is 0.545 e. The molecule has 3 rings (SSSR count). The van der Waals surface area contributed by atoms with Crippen LogP contribution in [0.3, 0.4) is 0 Å². The number of aromatic carboxylic acids is 1. The Morgan fingerprint density at radius 2 is 1.41 bits per heavy atom. The van der Waals surface area contributed by atoms with Crippen LogP contribution in [0, 0.1) is 0 Å². The molecule has 2 amide bonds. The number of carbonyl (C=O) groups excluding carboxylic acids is 3. The fourth-order valence-electron chi connectivity index (χ4n) is 3.06. The lowest BCUT2D eigenvalue weighted by molar-refractivity contribution is -0.255. The first-order valence-electron chi connectivity index (χ1n) is 9.14. The highest BCUT2D eigenvalue weighted by atomic mass is 16.5. The van der Waals surface area contributed by atoms with Crippen LogP contribution < -0.4 is 14.6 Å². The molecule has 1 fully saturated rings. The second-order valence-corrected chi connectivity index (χ2v) is 6.48. The fraction of sp³-hybridized carbons (Fsp3) is 0.286. The first-order chi connectivity index (χ1) is 14.0. The van der Waals surface area contributed by atoms with Crippen LogP contribution in [0.1, 0.15) is 20.7 Å². The number of amides is 2. The number of benzene rings is 2. The number of para-hydroxylation sites is 2. The minimum absolute atomic E-state index is 0.0204. The van der Waals surface area contributed by atoms with E-state index in [0.29, 0.717) is 43.2 Å². The van der Waals surface area contributed by atoms with Crippen molar-refractivity contribution in [1.82, 2.24) is 9.80 Å². The van der Waals surface area contributed by atoms with Crippen LogP contribution >= 0.6 is 0 Å². The lowest BCUT2D eigenvalue weighted by atomic mass is 10.1. The Bertz CT molecular complexity index is 888. The number of rotatable bonds is 6. The van der Waals surface area contributed by atoms with Gasteiger partial charge in [0, 0.05) is 31.7 Å². The molecule has 0 N–H and O–H groups in total. The van der Waals surface area contributed by atoms with E-state index >= 15 is 0 Å². The van der Waals surface area contributed by atoms with Crippen LogP contribution in [0.25, 0.3) is 0 Å². The molecule has 0 bridgehead atoms. The summed E-state index contributed by atoms with van der Waals surface area (Å²) in [5, 5.41) is 10.8. The summed E-state index contributed by atoms with van der Waals surface area (Å²) >= 11 is 0. The number of methoxy groups -OCH3 is 1. The Balaban J connectivity index is 1.51. The van der Waals surface area contributed by atoms with Crippen LogP contribution in [0.2, 0.25) is 0 Å². The predicted octanol–water partition coefficient (Wildman–Crippen LogP) is 0.422. The smallest absolute Gasteiger partial charge is 0.260 e. The average molecular weight is 397 g/mol. The van der Waals surface area contributed by atoms with Gasteiger partial charge >= 0.3 is 0 Å². The van der Waals surface area contributed by atoms with E-state index in [9.17, 15) is 19.5 Å². The van der Waals surface area contributed by atoms with E-state index in [0.717, 1.165) is 0 Å². The van der Waals surface area contributed by atoms with Gasteiger partial charge in [-0.25, -0.2) is 0 Å². The Morgan fingerprint density at radius 1 is 0.862 bits per heavy atom. The van der Waals surface area contributed by atoms with Gasteiger partial charge in [-0.3, -0.25) is 9.59 Å². The van der Waals surface area contributed by atoms with Gasteiger partial charge < -0.3 is 29.2 Å². The molecule has 2 aromatic carbocycles. The Kier molecular flexibility index (Phi) is 6.33. The van der Waals surface area contributed by atoms with Crippen molar-refractivity contribution in [2.75, 3.05) is 39.9 Å². The lowest BCUT2D eigenvalue weighted by Crippen LogP contribution is -2.51. The van der Waals surface area contributed by atoms with E-state index in [4.69, 9.17) is 9.47 Å². The summed E-state index contributed by atoms with van der Waals surface area (Å²) in [6.07, 6.45) is 0. The fourth-order valence-corrected chi connectivity index (χ4v) is 3.06. The predicted molar refractivity (Wildman–Crippen MR) is 102 cm³/mol. The molecule has 1 aliphatic heterocycles. The zero-order valence-corrected chi connectivity index (χ0v) is 16.0. The first-order valence-corrected chi connectivity index (χ1v) is 9.14. The molecule has 0 spiro atoms. The molecule has 8 heteroatoms. The molecular weight excluding hydrogens is 376 g/mol. The third-order valence-electron chi connectivity index (χ3n) is 4.71. The zero-order chi connectivity index (χ0) is 20.8. The summed E-state index contributed by atoms with van der Waals surface area (Å²) in [5.74, 6) is -0.599. The van der Waals surface area contributed by atoms with Crippen molar-refractivity contribution < 1.29 is 29.0 Å². The maximum absolute atomic E-state index is 12.6. The van der Waals surface area contributed by atoms with Crippen LogP contribution in [-0.4, -0.2) is 67.5 Å². The summed E-state index contributed by atoms with van der Waals surface area (Å²) in [6, 6.07) is 12.7. The van der Waals surface area contributed by atoms with Crippen molar-refractivity contribution in [2.24, 2.45) is 0 Å². The van der Waals surface area contributed by atoms with Gasteiger partial charge in [0.2, 0.25) is 0 Å². The van der Waals surface area contributed by atoms with Gasteiger partial charge in [-0.05, 0) is 29.8 Å². The van der Waals surface area contributed by atoms with Gasteiger partial charge in [-0.2, -0.15) is 0 Å². The number of hydrogen-bond donors (Lipinski definition) is 0. The minimum atomic E-state index is -1.29. The number of carboxylic acid groups (broad SMARTS) is 1. The van der Waals surface area contributed by atoms with E-state index in [1.54, 1.807) is 28.0 Å². The van der Waals surface area contributed by atoms with Crippen molar-refractivity contribution in [2.45, 2.75) is 0 Å². The molecule has 0 unspecified atom stereocenters. The normalized spacial score (nSPS) is 13.7.